The second-order valence-corrected chi connectivity index (χ2v) is 5.28. The average Bonchev–Trinajstić information content (AvgIpc) is 2.31. The monoisotopic (exact) mass is 243 g/mol. The van der Waals surface area contributed by atoms with Gasteiger partial charge in [-0.3, -0.25) is 4.21 Å². The molecule has 2 heterocycles. The van der Waals surface area contributed by atoms with E-state index in [1.807, 2.05) is 0 Å². The zero-order valence-corrected chi connectivity index (χ0v) is 9.67. The molecular formula is C10H14FN3OS. The van der Waals surface area contributed by atoms with Crippen LogP contribution < -0.4 is 5.32 Å². The van der Waals surface area contributed by atoms with Gasteiger partial charge in [-0.2, -0.15) is 0 Å². The van der Waals surface area contributed by atoms with Crippen LogP contribution in [0.2, 0.25) is 0 Å². The van der Waals surface area contributed by atoms with Crippen LogP contribution >= 0.6 is 0 Å². The first kappa shape index (κ1) is 11.6. The molecule has 1 fully saturated rings. The fourth-order valence-electron chi connectivity index (χ4n) is 1.75. The van der Waals surface area contributed by atoms with Crippen LogP contribution in [0.3, 0.4) is 0 Å². The first-order valence-corrected chi connectivity index (χ1v) is 6.64. The van der Waals surface area contributed by atoms with E-state index in [2.05, 4.69) is 15.3 Å². The van der Waals surface area contributed by atoms with Gasteiger partial charge in [0.2, 0.25) is 5.16 Å². The highest BCUT2D eigenvalue weighted by molar-refractivity contribution is 7.84. The molecule has 1 atom stereocenters. The third-order valence-electron chi connectivity index (χ3n) is 2.65. The topological polar surface area (TPSA) is 54.9 Å². The lowest BCUT2D eigenvalue weighted by molar-refractivity contribution is 0.405. The van der Waals surface area contributed by atoms with Gasteiger partial charge in [0.05, 0.1) is 23.2 Å². The molecule has 0 spiro atoms. The summed E-state index contributed by atoms with van der Waals surface area (Å²) in [6, 6.07) is 0. The molecule has 0 bridgehead atoms. The lowest BCUT2D eigenvalue weighted by atomic mass is 10.0. The smallest absolute Gasteiger partial charge is 0.218 e. The predicted octanol–water partition coefficient (Wildman–Crippen LogP) is 0.723. The Kier molecular flexibility index (Phi) is 3.95. The van der Waals surface area contributed by atoms with Gasteiger partial charge in [0.15, 0.2) is 5.82 Å². The number of piperidine rings is 1. The molecule has 1 N–H and O–H groups in total. The van der Waals surface area contributed by atoms with Gasteiger partial charge in [-0.15, -0.1) is 0 Å². The Morgan fingerprint density at radius 3 is 2.62 bits per heavy atom. The van der Waals surface area contributed by atoms with Gasteiger partial charge in [-0.05, 0) is 31.8 Å². The molecule has 0 amide bonds. The number of aromatic nitrogens is 2. The summed E-state index contributed by atoms with van der Waals surface area (Å²) >= 11 is 0. The summed E-state index contributed by atoms with van der Waals surface area (Å²) < 4.78 is 24.4. The number of halogens is 1. The zero-order chi connectivity index (χ0) is 11.4. The number of nitrogens with zero attached hydrogens (tertiary/aromatic N) is 2. The number of hydrogen-bond donors (Lipinski definition) is 1. The van der Waals surface area contributed by atoms with E-state index < -0.39 is 16.6 Å². The van der Waals surface area contributed by atoms with Crippen LogP contribution in [-0.4, -0.2) is 33.0 Å². The molecule has 0 aliphatic carbocycles. The van der Waals surface area contributed by atoms with E-state index in [4.69, 9.17) is 0 Å². The minimum absolute atomic E-state index is 0.236. The quantitative estimate of drug-likeness (QED) is 0.795. The summed E-state index contributed by atoms with van der Waals surface area (Å²) in [5.74, 6) is 0.534. The number of rotatable bonds is 3. The summed E-state index contributed by atoms with van der Waals surface area (Å²) in [5, 5.41) is 3.49. The van der Waals surface area contributed by atoms with Crippen molar-refractivity contribution in [3.63, 3.8) is 0 Å². The molecule has 0 unspecified atom stereocenters. The van der Waals surface area contributed by atoms with E-state index in [9.17, 15) is 8.60 Å². The first-order chi connectivity index (χ1) is 7.75. The Hall–Kier alpha value is -0.880. The fourth-order valence-corrected chi connectivity index (χ4v) is 3.01. The highest BCUT2D eigenvalue weighted by Crippen LogP contribution is 2.14. The van der Waals surface area contributed by atoms with Crippen LogP contribution in [0.1, 0.15) is 12.8 Å². The maximum atomic E-state index is 12.6. The maximum Gasteiger partial charge on any atom is 0.218 e. The number of hydrogen-bond acceptors (Lipinski definition) is 4. The van der Waals surface area contributed by atoms with Crippen LogP contribution in [0.5, 0.6) is 0 Å². The van der Waals surface area contributed by atoms with Crippen molar-refractivity contribution in [1.82, 2.24) is 15.3 Å². The molecule has 1 aromatic heterocycles. The van der Waals surface area contributed by atoms with E-state index in [1.54, 1.807) is 0 Å². The largest absolute Gasteiger partial charge is 0.317 e. The summed E-state index contributed by atoms with van der Waals surface area (Å²) in [6.45, 7) is 1.96. The van der Waals surface area contributed by atoms with Gasteiger partial charge in [0.25, 0.3) is 0 Å². The van der Waals surface area contributed by atoms with Gasteiger partial charge in [-0.25, -0.2) is 14.4 Å². The fraction of sp³-hybridized carbons (Fsp3) is 0.600. The lowest BCUT2D eigenvalue weighted by Crippen LogP contribution is -2.30. The van der Waals surface area contributed by atoms with E-state index >= 15 is 0 Å². The van der Waals surface area contributed by atoms with Crippen LogP contribution in [0, 0.1) is 11.7 Å². The lowest BCUT2D eigenvalue weighted by Gasteiger charge is -2.21. The number of nitrogens with one attached hydrogen (secondary N) is 1. The van der Waals surface area contributed by atoms with E-state index in [1.165, 1.54) is 0 Å². The van der Waals surface area contributed by atoms with Crippen molar-refractivity contribution < 1.29 is 8.60 Å². The van der Waals surface area contributed by atoms with Gasteiger partial charge in [0, 0.05) is 5.75 Å². The summed E-state index contributed by atoms with van der Waals surface area (Å²) in [5.41, 5.74) is 0. The van der Waals surface area contributed by atoms with E-state index in [0.717, 1.165) is 38.3 Å². The zero-order valence-electron chi connectivity index (χ0n) is 8.86. The van der Waals surface area contributed by atoms with Crippen molar-refractivity contribution in [1.29, 1.82) is 0 Å². The van der Waals surface area contributed by atoms with E-state index in [-0.39, 0.29) is 5.16 Å². The Morgan fingerprint density at radius 1 is 1.38 bits per heavy atom. The molecule has 0 saturated carbocycles. The van der Waals surface area contributed by atoms with Crippen LogP contribution in [-0.2, 0) is 10.8 Å². The Morgan fingerprint density at radius 2 is 2.00 bits per heavy atom. The molecule has 16 heavy (non-hydrogen) atoms. The third kappa shape index (κ3) is 3.05. The molecule has 6 heteroatoms. The SMILES string of the molecule is O=[S@](CC1CCNCC1)c1ncc(F)cn1. The molecule has 1 aliphatic rings. The van der Waals surface area contributed by atoms with Crippen molar-refractivity contribution in [2.75, 3.05) is 18.8 Å². The van der Waals surface area contributed by atoms with Gasteiger partial charge in [-0.1, -0.05) is 0 Å². The minimum atomic E-state index is -1.21. The van der Waals surface area contributed by atoms with Crippen molar-refractivity contribution >= 4 is 10.8 Å². The highest BCUT2D eigenvalue weighted by atomic mass is 32.2. The first-order valence-electron chi connectivity index (χ1n) is 5.32. The molecule has 1 aliphatic heterocycles. The highest BCUT2D eigenvalue weighted by Gasteiger charge is 2.18. The van der Waals surface area contributed by atoms with Gasteiger partial charge < -0.3 is 5.32 Å². The Balaban J connectivity index is 1.94. The van der Waals surface area contributed by atoms with Crippen LogP contribution in [0.15, 0.2) is 17.6 Å². The predicted molar refractivity (Wildman–Crippen MR) is 58.9 cm³/mol. The van der Waals surface area contributed by atoms with Crippen molar-refractivity contribution in [3.8, 4) is 0 Å². The summed E-state index contributed by atoms with van der Waals surface area (Å²) in [7, 11) is -1.21. The molecule has 0 radical (unpaired) electrons. The second-order valence-electron chi connectivity index (χ2n) is 3.89. The van der Waals surface area contributed by atoms with Gasteiger partial charge in [0.1, 0.15) is 0 Å². The molecule has 4 nitrogen and oxygen atoms in total. The maximum absolute atomic E-state index is 12.6. The van der Waals surface area contributed by atoms with Crippen molar-refractivity contribution in [2.45, 2.75) is 18.0 Å². The van der Waals surface area contributed by atoms with Crippen molar-refractivity contribution in [3.05, 3.63) is 18.2 Å². The normalized spacial score (nSPS) is 19.6. The Labute approximate surface area is 96.1 Å². The summed E-state index contributed by atoms with van der Waals surface area (Å²) in [4.78, 5) is 7.48. The molecule has 2 rings (SSSR count). The average molecular weight is 243 g/mol. The van der Waals surface area contributed by atoms with Gasteiger partial charge >= 0.3 is 0 Å². The standard InChI is InChI=1S/C10H14FN3OS/c11-9-5-13-10(14-6-9)16(15)7-8-1-3-12-4-2-8/h5-6,8,12H,1-4,7H2/t16-/m1/s1. The molecule has 88 valence electrons. The van der Waals surface area contributed by atoms with Crippen LogP contribution in [0.25, 0.3) is 0 Å². The van der Waals surface area contributed by atoms with Crippen molar-refractivity contribution in [2.24, 2.45) is 5.92 Å². The summed E-state index contributed by atoms with van der Waals surface area (Å²) in [6.07, 6.45) is 4.19. The Bertz CT molecular complexity index is 365. The van der Waals surface area contributed by atoms with Crippen LogP contribution in [0.4, 0.5) is 4.39 Å². The molecule has 1 saturated heterocycles. The molecular weight excluding hydrogens is 229 g/mol. The molecule has 1 aromatic rings. The minimum Gasteiger partial charge on any atom is -0.317 e. The molecule has 0 aromatic carbocycles. The third-order valence-corrected chi connectivity index (χ3v) is 4.04. The second kappa shape index (κ2) is 5.45. The van der Waals surface area contributed by atoms with E-state index in [0.29, 0.717) is 11.7 Å².